The Morgan fingerprint density at radius 3 is 2.04 bits per heavy atom. The van der Waals surface area contributed by atoms with Crippen LogP contribution in [-0.2, 0) is 43.2 Å². The number of carbonyl (C=O) groups excluding carboxylic acids is 8. The summed E-state index contributed by atoms with van der Waals surface area (Å²) in [7, 11) is 0. The Hall–Kier alpha value is -5.58. The lowest BCUT2D eigenvalue weighted by Crippen LogP contribution is -2.60. The van der Waals surface area contributed by atoms with Crippen LogP contribution in [0.3, 0.4) is 0 Å². The number of guanidine groups is 1. The molecule has 23 heteroatoms. The van der Waals surface area contributed by atoms with Gasteiger partial charge in [0.15, 0.2) is 5.96 Å². The van der Waals surface area contributed by atoms with Gasteiger partial charge in [0.1, 0.15) is 30.2 Å². The van der Waals surface area contributed by atoms with Gasteiger partial charge < -0.3 is 71.0 Å². The molecule has 18 N–H and O–H groups in total. The second-order valence-electron chi connectivity index (χ2n) is 13.7. The Kier molecular flexibility index (Phi) is 21.4. The van der Waals surface area contributed by atoms with Crippen molar-refractivity contribution >= 4 is 59.2 Å². The predicted octanol–water partition coefficient (Wildman–Crippen LogP) is -5.58. The van der Waals surface area contributed by atoms with E-state index in [0.717, 1.165) is 0 Å². The van der Waals surface area contributed by atoms with Gasteiger partial charge in [0.25, 0.3) is 0 Å². The smallest absolute Gasteiger partial charge is 0.326 e. The summed E-state index contributed by atoms with van der Waals surface area (Å²) in [6.45, 7) is 3.29. The Bertz CT molecular complexity index is 1440. The van der Waals surface area contributed by atoms with Crippen molar-refractivity contribution in [3.05, 3.63) is 0 Å². The number of nitrogens with two attached hydrogens (primary N) is 6. The van der Waals surface area contributed by atoms with Crippen LogP contribution < -0.4 is 61.0 Å². The maximum atomic E-state index is 13.7. The summed E-state index contributed by atoms with van der Waals surface area (Å²) in [5, 5.41) is 21.3. The number of carbonyl (C=O) groups is 9. The summed E-state index contributed by atoms with van der Waals surface area (Å²) in [5.41, 5.74) is 32.8. The predicted molar refractivity (Wildman–Crippen MR) is 201 cm³/mol. The van der Waals surface area contributed by atoms with Crippen LogP contribution in [0, 0.1) is 5.92 Å². The van der Waals surface area contributed by atoms with Gasteiger partial charge >= 0.3 is 5.97 Å². The largest absolute Gasteiger partial charge is 0.480 e. The number of aliphatic carboxylic acids is 1. The summed E-state index contributed by atoms with van der Waals surface area (Å²) in [5.74, 6) is -8.56. The van der Waals surface area contributed by atoms with Crippen molar-refractivity contribution < 1.29 is 48.3 Å². The van der Waals surface area contributed by atoms with E-state index in [1.165, 1.54) is 4.90 Å². The van der Waals surface area contributed by atoms with E-state index in [4.69, 9.17) is 34.4 Å². The molecule has 0 radical (unpaired) electrons. The first-order valence-electron chi connectivity index (χ1n) is 18.4. The zero-order chi connectivity index (χ0) is 42.5. The van der Waals surface area contributed by atoms with Gasteiger partial charge in [-0.1, -0.05) is 13.8 Å². The first-order valence-corrected chi connectivity index (χ1v) is 18.4. The van der Waals surface area contributed by atoms with Gasteiger partial charge in [0, 0.05) is 19.5 Å². The Morgan fingerprint density at radius 2 is 1.46 bits per heavy atom. The number of likely N-dealkylation sites (tertiary alicyclic amines) is 1. The molecule has 1 fully saturated rings. The van der Waals surface area contributed by atoms with Crippen molar-refractivity contribution in [1.29, 1.82) is 0 Å². The van der Waals surface area contributed by atoms with E-state index in [1.807, 2.05) is 0 Å². The minimum atomic E-state index is -1.61. The summed E-state index contributed by atoms with van der Waals surface area (Å²) in [6, 6.07) is -7.36. The minimum Gasteiger partial charge on any atom is -0.480 e. The molecular formula is C33H59N13O10. The van der Waals surface area contributed by atoms with E-state index >= 15 is 0 Å². The molecule has 0 unspecified atom stereocenters. The topological polar surface area (TPSA) is 406 Å². The number of aliphatic imine (C=N–C) groups is 1. The van der Waals surface area contributed by atoms with Crippen LogP contribution in [0.4, 0.5) is 0 Å². The van der Waals surface area contributed by atoms with E-state index in [0.29, 0.717) is 38.6 Å². The molecule has 23 nitrogen and oxygen atoms in total. The van der Waals surface area contributed by atoms with Crippen molar-refractivity contribution in [2.24, 2.45) is 45.3 Å². The SMILES string of the molecule is CC(C)[C@H](NC(=O)[C@H](CCCCN)NC(=O)[C@@H]1CCCN1C(=O)[C@@H](N)CCCN=C(N)N)C(=O)N[C@@H](CC(N)=O)C(=O)NCC(=O)N[C@@H](CCC(N)=O)C(=O)O. The molecule has 8 amide bonds. The second-order valence-corrected chi connectivity index (χ2v) is 13.7. The van der Waals surface area contributed by atoms with Crippen molar-refractivity contribution in [3.8, 4) is 0 Å². The average Bonchev–Trinajstić information content (AvgIpc) is 3.61. The van der Waals surface area contributed by atoms with Gasteiger partial charge in [-0.15, -0.1) is 0 Å². The quantitative estimate of drug-likeness (QED) is 0.0221. The number of hydrogen-bond donors (Lipinski definition) is 12. The highest BCUT2D eigenvalue weighted by Crippen LogP contribution is 2.20. The van der Waals surface area contributed by atoms with Gasteiger partial charge in [-0.2, -0.15) is 0 Å². The fraction of sp³-hybridized carbons (Fsp3) is 0.697. The molecule has 0 bridgehead atoms. The maximum Gasteiger partial charge on any atom is 0.326 e. The van der Waals surface area contributed by atoms with E-state index in [-0.39, 0.29) is 44.7 Å². The lowest BCUT2D eigenvalue weighted by molar-refractivity contribution is -0.142. The average molecular weight is 798 g/mol. The van der Waals surface area contributed by atoms with Crippen molar-refractivity contribution in [2.45, 2.75) is 114 Å². The highest BCUT2D eigenvalue weighted by atomic mass is 16.4. The Morgan fingerprint density at radius 1 is 0.786 bits per heavy atom. The number of primary amides is 2. The maximum absolute atomic E-state index is 13.7. The molecule has 0 aromatic carbocycles. The number of nitrogens with one attached hydrogen (secondary N) is 5. The van der Waals surface area contributed by atoms with E-state index in [1.54, 1.807) is 13.8 Å². The molecule has 1 rings (SSSR count). The molecular weight excluding hydrogens is 738 g/mol. The van der Waals surface area contributed by atoms with Gasteiger partial charge in [-0.25, -0.2) is 4.79 Å². The minimum absolute atomic E-state index is 0.0865. The third-order valence-electron chi connectivity index (χ3n) is 8.72. The van der Waals surface area contributed by atoms with E-state index in [9.17, 15) is 48.3 Å². The third kappa shape index (κ3) is 17.7. The molecule has 56 heavy (non-hydrogen) atoms. The van der Waals surface area contributed by atoms with Gasteiger partial charge in [-0.3, -0.25) is 43.3 Å². The highest BCUT2D eigenvalue weighted by Gasteiger charge is 2.38. The number of carboxylic acid groups (broad SMARTS) is 1. The normalized spacial score (nSPS) is 16.3. The number of unbranched alkanes of at least 4 members (excludes halogenated alkanes) is 1. The molecule has 1 aliphatic heterocycles. The Balaban J connectivity index is 3.05. The number of amides is 8. The number of hydrogen-bond acceptors (Lipinski definition) is 12. The third-order valence-corrected chi connectivity index (χ3v) is 8.72. The molecule has 0 saturated carbocycles. The van der Waals surface area contributed by atoms with Crippen LogP contribution in [0.2, 0.25) is 0 Å². The lowest BCUT2D eigenvalue weighted by Gasteiger charge is -2.30. The molecule has 1 saturated heterocycles. The van der Waals surface area contributed by atoms with Crippen LogP contribution in [0.15, 0.2) is 4.99 Å². The summed E-state index contributed by atoms with van der Waals surface area (Å²) in [4.78, 5) is 119. The zero-order valence-electron chi connectivity index (χ0n) is 31.9. The van der Waals surface area contributed by atoms with Crippen LogP contribution >= 0.6 is 0 Å². The molecule has 0 aromatic rings. The van der Waals surface area contributed by atoms with Gasteiger partial charge in [-0.05, 0) is 63.8 Å². The van der Waals surface area contributed by atoms with Crippen molar-refractivity contribution in [3.63, 3.8) is 0 Å². The van der Waals surface area contributed by atoms with Crippen LogP contribution in [0.1, 0.15) is 78.1 Å². The van der Waals surface area contributed by atoms with E-state index in [2.05, 4.69) is 31.6 Å². The van der Waals surface area contributed by atoms with Crippen LogP contribution in [0.25, 0.3) is 0 Å². The molecule has 0 aromatic heterocycles. The molecule has 6 atom stereocenters. The Labute approximate surface area is 324 Å². The number of carboxylic acids is 1. The number of rotatable bonds is 26. The van der Waals surface area contributed by atoms with E-state index < -0.39 is 108 Å². The molecule has 0 spiro atoms. The number of nitrogens with zero attached hydrogens (tertiary/aromatic N) is 2. The molecule has 1 aliphatic rings. The summed E-state index contributed by atoms with van der Waals surface area (Å²) in [6.07, 6.45) is 1.29. The summed E-state index contributed by atoms with van der Waals surface area (Å²) >= 11 is 0. The van der Waals surface area contributed by atoms with Crippen molar-refractivity contribution in [1.82, 2.24) is 31.5 Å². The monoisotopic (exact) mass is 797 g/mol. The summed E-state index contributed by atoms with van der Waals surface area (Å²) < 4.78 is 0. The standard InChI is InChI=1S/C33H59N13O10/c1-17(2)26(30(53)44-21(15-24(37)48)27(50)41-16-25(49)42-20(32(55)56)10-11-23(36)47)45-28(51)19(8-3-4-12-34)43-29(52)22-9-6-14-46(22)31(54)18(35)7-5-13-40-33(38)39/h17-22,26H,3-16,34-35H2,1-2H3,(H2,36,47)(H2,37,48)(H,41,50)(H,42,49)(H,43,52)(H,44,53)(H,45,51)(H,55,56)(H4,38,39,40)/t18-,19-,20-,21-,22-,26-/m0/s1. The zero-order valence-corrected chi connectivity index (χ0v) is 31.9. The fourth-order valence-electron chi connectivity index (χ4n) is 5.73. The lowest BCUT2D eigenvalue weighted by atomic mass is 10.0. The fourth-order valence-corrected chi connectivity index (χ4v) is 5.73. The highest BCUT2D eigenvalue weighted by molar-refractivity contribution is 5.98. The van der Waals surface area contributed by atoms with Crippen LogP contribution in [-0.4, -0.2) is 132 Å². The first kappa shape index (κ1) is 48.4. The first-order chi connectivity index (χ1) is 26.3. The second kappa shape index (κ2) is 24.8. The van der Waals surface area contributed by atoms with Crippen molar-refractivity contribution in [2.75, 3.05) is 26.2 Å². The van der Waals surface area contributed by atoms with Crippen LogP contribution in [0.5, 0.6) is 0 Å². The molecule has 0 aliphatic carbocycles. The molecule has 1 heterocycles. The van der Waals surface area contributed by atoms with Gasteiger partial charge in [0.2, 0.25) is 47.3 Å². The molecule has 316 valence electrons. The van der Waals surface area contributed by atoms with Gasteiger partial charge in [0.05, 0.1) is 19.0 Å².